The summed E-state index contributed by atoms with van der Waals surface area (Å²) in [7, 11) is 0. The molecule has 0 spiro atoms. The zero-order chi connectivity index (χ0) is 18.9. The quantitative estimate of drug-likeness (QED) is 0.568. The molecule has 0 fully saturated rings. The Hall–Kier alpha value is -3.41. The van der Waals surface area contributed by atoms with Crippen LogP contribution < -0.4 is 16.0 Å². The lowest BCUT2D eigenvalue weighted by molar-refractivity contribution is -0.115. The summed E-state index contributed by atoms with van der Waals surface area (Å²) in [5, 5.41) is 9.25. The molecule has 3 rings (SSSR count). The Morgan fingerprint density at radius 2 is 1.74 bits per heavy atom. The summed E-state index contributed by atoms with van der Waals surface area (Å²) < 4.78 is 0. The molecule has 0 saturated carbocycles. The van der Waals surface area contributed by atoms with Gasteiger partial charge in [-0.15, -0.1) is 0 Å². The van der Waals surface area contributed by atoms with Gasteiger partial charge in [-0.1, -0.05) is 42.5 Å². The second-order valence-electron chi connectivity index (χ2n) is 6.14. The molecule has 6 heteroatoms. The third-order valence-electron chi connectivity index (χ3n) is 4.07. The Morgan fingerprint density at radius 3 is 2.56 bits per heavy atom. The maximum atomic E-state index is 12.0. The van der Waals surface area contributed by atoms with E-state index in [2.05, 4.69) is 45.0 Å². The highest BCUT2D eigenvalue weighted by Crippen LogP contribution is 2.11. The summed E-state index contributed by atoms with van der Waals surface area (Å²) in [4.78, 5) is 20.6. The third-order valence-corrected chi connectivity index (χ3v) is 4.07. The molecule has 6 nitrogen and oxygen atoms in total. The minimum absolute atomic E-state index is 0.0411. The number of benzene rings is 2. The van der Waals surface area contributed by atoms with E-state index in [9.17, 15) is 4.79 Å². The van der Waals surface area contributed by atoms with Gasteiger partial charge in [0, 0.05) is 31.4 Å². The van der Waals surface area contributed by atoms with Gasteiger partial charge in [0.1, 0.15) is 5.82 Å². The standard InChI is InChI=1S/C21H23N5O/c1-16-7-5-6-8-17(16)15-24-21-23-13-11-19(26-21)22-14-12-20(27)25-18-9-3-2-4-10-18/h2-11,13H,12,14-15H2,1H3,(H,25,27)(H2,22,23,24,26). The molecule has 27 heavy (non-hydrogen) atoms. The molecular formula is C21H23N5O. The first-order valence-electron chi connectivity index (χ1n) is 8.91. The van der Waals surface area contributed by atoms with E-state index < -0.39 is 0 Å². The van der Waals surface area contributed by atoms with Crippen LogP contribution in [0.15, 0.2) is 66.9 Å². The third kappa shape index (κ3) is 5.81. The highest BCUT2D eigenvalue weighted by Gasteiger charge is 2.04. The minimum atomic E-state index is -0.0411. The lowest BCUT2D eigenvalue weighted by Gasteiger charge is -2.10. The van der Waals surface area contributed by atoms with Crippen LogP contribution >= 0.6 is 0 Å². The molecule has 0 unspecified atom stereocenters. The van der Waals surface area contributed by atoms with Crippen molar-refractivity contribution in [3.8, 4) is 0 Å². The van der Waals surface area contributed by atoms with E-state index in [1.54, 1.807) is 12.3 Å². The average molecular weight is 361 g/mol. The maximum Gasteiger partial charge on any atom is 0.226 e. The monoisotopic (exact) mass is 361 g/mol. The molecule has 0 radical (unpaired) electrons. The van der Waals surface area contributed by atoms with Crippen LogP contribution in [-0.2, 0) is 11.3 Å². The van der Waals surface area contributed by atoms with E-state index in [0.29, 0.717) is 31.3 Å². The molecule has 0 bridgehead atoms. The van der Waals surface area contributed by atoms with Crippen LogP contribution in [0.3, 0.4) is 0 Å². The van der Waals surface area contributed by atoms with Crippen LogP contribution in [0, 0.1) is 6.92 Å². The average Bonchev–Trinajstić information content (AvgIpc) is 2.68. The smallest absolute Gasteiger partial charge is 0.226 e. The van der Waals surface area contributed by atoms with Crippen molar-refractivity contribution in [3.05, 3.63) is 78.0 Å². The number of carbonyl (C=O) groups is 1. The van der Waals surface area contributed by atoms with Crippen molar-refractivity contribution < 1.29 is 4.79 Å². The molecule has 1 heterocycles. The largest absolute Gasteiger partial charge is 0.369 e. The Labute approximate surface area is 159 Å². The number of amides is 1. The number of anilines is 3. The van der Waals surface area contributed by atoms with Gasteiger partial charge in [0.2, 0.25) is 11.9 Å². The predicted octanol–water partition coefficient (Wildman–Crippen LogP) is 3.84. The number of aryl methyl sites for hydroxylation is 1. The van der Waals surface area contributed by atoms with Gasteiger partial charge in [0.25, 0.3) is 0 Å². The van der Waals surface area contributed by atoms with Crippen LogP contribution in [0.5, 0.6) is 0 Å². The van der Waals surface area contributed by atoms with Crippen LogP contribution in [0.2, 0.25) is 0 Å². The van der Waals surface area contributed by atoms with E-state index in [1.807, 2.05) is 42.5 Å². The van der Waals surface area contributed by atoms with E-state index in [0.717, 1.165) is 5.69 Å². The second-order valence-corrected chi connectivity index (χ2v) is 6.14. The Balaban J connectivity index is 1.46. The van der Waals surface area contributed by atoms with Gasteiger partial charge in [0.05, 0.1) is 0 Å². The number of rotatable bonds is 8. The maximum absolute atomic E-state index is 12.0. The van der Waals surface area contributed by atoms with Crippen molar-refractivity contribution in [3.63, 3.8) is 0 Å². The second kappa shape index (κ2) is 9.33. The minimum Gasteiger partial charge on any atom is -0.369 e. The number of para-hydroxylation sites is 1. The number of nitrogens with zero attached hydrogens (tertiary/aromatic N) is 2. The van der Waals surface area contributed by atoms with Crippen molar-refractivity contribution >= 4 is 23.4 Å². The van der Waals surface area contributed by atoms with E-state index in [-0.39, 0.29) is 5.91 Å². The van der Waals surface area contributed by atoms with Gasteiger partial charge >= 0.3 is 0 Å². The lowest BCUT2D eigenvalue weighted by atomic mass is 10.1. The first kappa shape index (κ1) is 18.4. The fourth-order valence-electron chi connectivity index (χ4n) is 2.57. The zero-order valence-corrected chi connectivity index (χ0v) is 15.3. The molecule has 0 atom stereocenters. The van der Waals surface area contributed by atoms with Crippen LogP contribution in [0.1, 0.15) is 17.5 Å². The van der Waals surface area contributed by atoms with Crippen molar-refractivity contribution in [2.75, 3.05) is 22.5 Å². The summed E-state index contributed by atoms with van der Waals surface area (Å²) in [6, 6.07) is 19.4. The first-order valence-corrected chi connectivity index (χ1v) is 8.91. The first-order chi connectivity index (χ1) is 13.2. The summed E-state index contributed by atoms with van der Waals surface area (Å²) in [5.41, 5.74) is 3.23. The summed E-state index contributed by atoms with van der Waals surface area (Å²) in [6.07, 6.45) is 2.05. The Morgan fingerprint density at radius 1 is 0.963 bits per heavy atom. The van der Waals surface area contributed by atoms with Crippen molar-refractivity contribution in [1.29, 1.82) is 0 Å². The summed E-state index contributed by atoms with van der Waals surface area (Å²) in [5.74, 6) is 1.20. The van der Waals surface area contributed by atoms with E-state index in [1.165, 1.54) is 11.1 Å². The van der Waals surface area contributed by atoms with Crippen molar-refractivity contribution in [2.45, 2.75) is 19.9 Å². The number of hydrogen-bond acceptors (Lipinski definition) is 5. The molecule has 0 aliphatic rings. The number of hydrogen-bond donors (Lipinski definition) is 3. The molecular weight excluding hydrogens is 338 g/mol. The Kier molecular flexibility index (Phi) is 6.35. The van der Waals surface area contributed by atoms with E-state index >= 15 is 0 Å². The van der Waals surface area contributed by atoms with Crippen LogP contribution in [0.4, 0.5) is 17.5 Å². The topological polar surface area (TPSA) is 78.9 Å². The highest BCUT2D eigenvalue weighted by atomic mass is 16.1. The van der Waals surface area contributed by atoms with Crippen molar-refractivity contribution in [1.82, 2.24) is 9.97 Å². The number of carbonyl (C=O) groups excluding carboxylic acids is 1. The van der Waals surface area contributed by atoms with Crippen LogP contribution in [0.25, 0.3) is 0 Å². The normalized spacial score (nSPS) is 10.3. The molecule has 0 saturated heterocycles. The number of aromatic nitrogens is 2. The zero-order valence-electron chi connectivity index (χ0n) is 15.3. The lowest BCUT2D eigenvalue weighted by Crippen LogP contribution is -2.16. The van der Waals surface area contributed by atoms with Gasteiger partial charge < -0.3 is 16.0 Å². The fraction of sp³-hybridized carbons (Fsp3) is 0.190. The van der Waals surface area contributed by atoms with E-state index in [4.69, 9.17) is 0 Å². The van der Waals surface area contributed by atoms with Gasteiger partial charge in [-0.2, -0.15) is 4.98 Å². The highest BCUT2D eigenvalue weighted by molar-refractivity contribution is 5.90. The summed E-state index contributed by atoms with van der Waals surface area (Å²) >= 11 is 0. The van der Waals surface area contributed by atoms with Crippen LogP contribution in [-0.4, -0.2) is 22.4 Å². The Bertz CT molecular complexity index is 883. The molecule has 3 aromatic rings. The molecule has 2 aromatic carbocycles. The SMILES string of the molecule is Cc1ccccc1CNc1nccc(NCCC(=O)Nc2ccccc2)n1. The number of nitrogens with one attached hydrogen (secondary N) is 3. The molecule has 0 aliphatic carbocycles. The summed E-state index contributed by atoms with van der Waals surface area (Å²) in [6.45, 7) is 3.23. The molecule has 3 N–H and O–H groups in total. The van der Waals surface area contributed by atoms with Gasteiger partial charge in [-0.05, 0) is 36.2 Å². The molecule has 1 amide bonds. The van der Waals surface area contributed by atoms with Crippen molar-refractivity contribution in [2.24, 2.45) is 0 Å². The van der Waals surface area contributed by atoms with Gasteiger partial charge in [-0.3, -0.25) is 4.79 Å². The molecule has 138 valence electrons. The van der Waals surface area contributed by atoms with Gasteiger partial charge in [-0.25, -0.2) is 4.98 Å². The predicted molar refractivity (Wildman–Crippen MR) is 109 cm³/mol. The fourth-order valence-corrected chi connectivity index (χ4v) is 2.57. The molecule has 0 aliphatic heterocycles. The molecule has 1 aromatic heterocycles. The van der Waals surface area contributed by atoms with Gasteiger partial charge in [0.15, 0.2) is 0 Å².